The summed E-state index contributed by atoms with van der Waals surface area (Å²) in [6.07, 6.45) is -0.308. The lowest BCUT2D eigenvalue weighted by molar-refractivity contribution is -0.0440. The normalized spacial score (nSPS) is 21.8. The van der Waals surface area contributed by atoms with E-state index >= 15 is 0 Å². The molecule has 0 N–H and O–H groups in total. The maximum absolute atomic E-state index is 13.1. The van der Waals surface area contributed by atoms with Gasteiger partial charge in [-0.3, -0.25) is 4.79 Å². The molecule has 192 valence electrons. The quantitative estimate of drug-likeness (QED) is 0.514. The van der Waals surface area contributed by atoms with Crippen LogP contribution in [0, 0.1) is 13.8 Å². The fourth-order valence-corrected chi connectivity index (χ4v) is 7.67. The van der Waals surface area contributed by atoms with Crippen molar-refractivity contribution in [3.8, 4) is 0 Å². The van der Waals surface area contributed by atoms with E-state index in [-0.39, 0.29) is 23.0 Å². The molecule has 2 aromatic carbocycles. The summed E-state index contributed by atoms with van der Waals surface area (Å²) in [5.74, 6) is -0.0804. The van der Waals surface area contributed by atoms with Crippen molar-refractivity contribution in [3.63, 3.8) is 0 Å². The van der Waals surface area contributed by atoms with Crippen LogP contribution in [-0.2, 0) is 14.8 Å². The first-order valence-electron chi connectivity index (χ1n) is 12.3. The minimum absolute atomic E-state index is 0.0804. The van der Waals surface area contributed by atoms with Gasteiger partial charge in [-0.25, -0.2) is 13.4 Å². The van der Waals surface area contributed by atoms with Gasteiger partial charge in [-0.1, -0.05) is 23.5 Å². The monoisotopic (exact) mass is 528 g/mol. The smallest absolute Gasteiger partial charge is 0.253 e. The average molecular weight is 529 g/mol. The highest BCUT2D eigenvalue weighted by Crippen LogP contribution is 2.33. The number of fused-ring (bicyclic) bond motifs is 1. The highest BCUT2D eigenvalue weighted by atomic mass is 32.2. The Morgan fingerprint density at radius 2 is 1.56 bits per heavy atom. The summed E-state index contributed by atoms with van der Waals surface area (Å²) in [5, 5.41) is 0.996. The number of nitrogens with zero attached hydrogens (tertiary/aromatic N) is 4. The van der Waals surface area contributed by atoms with Crippen LogP contribution in [0.3, 0.4) is 0 Å². The molecule has 1 aromatic heterocycles. The molecule has 0 saturated carbocycles. The third-order valence-corrected chi connectivity index (χ3v) is 9.99. The van der Waals surface area contributed by atoms with Gasteiger partial charge in [0.05, 0.1) is 27.3 Å². The molecule has 0 aliphatic carbocycles. The van der Waals surface area contributed by atoms with Gasteiger partial charge in [-0.15, -0.1) is 0 Å². The summed E-state index contributed by atoms with van der Waals surface area (Å²) >= 11 is 1.71. The Hall–Kier alpha value is -2.53. The number of amides is 1. The first-order chi connectivity index (χ1) is 17.1. The molecule has 0 spiro atoms. The summed E-state index contributed by atoms with van der Waals surface area (Å²) < 4.78 is 34.6. The number of thiazole rings is 1. The number of sulfonamides is 1. The molecule has 2 unspecified atom stereocenters. The van der Waals surface area contributed by atoms with Gasteiger partial charge in [0.1, 0.15) is 0 Å². The summed E-state index contributed by atoms with van der Waals surface area (Å²) in [6, 6.07) is 10.6. The van der Waals surface area contributed by atoms with Crippen molar-refractivity contribution in [3.05, 3.63) is 53.1 Å². The standard InChI is InChI=1S/C26H32N4O4S2/c1-17-5-6-18(2)24-23(17)27-26(35-24)29-13-11-28(12-14-29)25(31)21-7-9-22(10-8-21)36(32,33)30-15-19(3)34-20(4)16-30/h5-10,19-20H,11-16H2,1-4H3. The van der Waals surface area contributed by atoms with E-state index in [0.717, 1.165) is 10.6 Å². The number of aromatic nitrogens is 1. The van der Waals surface area contributed by atoms with Gasteiger partial charge in [-0.05, 0) is 63.1 Å². The van der Waals surface area contributed by atoms with Crippen LogP contribution in [0.2, 0.25) is 0 Å². The predicted molar refractivity (Wildman–Crippen MR) is 142 cm³/mol. The second-order valence-corrected chi connectivity index (χ2v) is 12.7. The molecule has 2 fully saturated rings. The Balaban J connectivity index is 1.24. The van der Waals surface area contributed by atoms with Crippen LogP contribution in [0.25, 0.3) is 10.2 Å². The minimum atomic E-state index is -3.63. The lowest BCUT2D eigenvalue weighted by Gasteiger charge is -2.35. The van der Waals surface area contributed by atoms with E-state index in [2.05, 4.69) is 30.9 Å². The van der Waals surface area contributed by atoms with E-state index < -0.39 is 10.0 Å². The van der Waals surface area contributed by atoms with Crippen molar-refractivity contribution in [1.82, 2.24) is 14.2 Å². The van der Waals surface area contributed by atoms with Crippen molar-refractivity contribution in [2.24, 2.45) is 0 Å². The molecule has 2 aliphatic rings. The molecule has 8 nitrogen and oxygen atoms in total. The Morgan fingerprint density at radius 3 is 2.17 bits per heavy atom. The maximum Gasteiger partial charge on any atom is 0.253 e. The van der Waals surface area contributed by atoms with Crippen LogP contribution < -0.4 is 4.90 Å². The molecule has 10 heteroatoms. The highest BCUT2D eigenvalue weighted by molar-refractivity contribution is 7.89. The summed E-state index contributed by atoms with van der Waals surface area (Å²) in [7, 11) is -3.63. The third-order valence-electron chi connectivity index (χ3n) is 6.89. The number of anilines is 1. The fourth-order valence-electron chi connectivity index (χ4n) is 4.91. The number of hydrogen-bond acceptors (Lipinski definition) is 7. The Morgan fingerprint density at radius 1 is 0.944 bits per heavy atom. The number of ether oxygens (including phenoxy) is 1. The van der Waals surface area contributed by atoms with Crippen LogP contribution in [0.15, 0.2) is 41.3 Å². The Bertz CT molecular complexity index is 1330. The van der Waals surface area contributed by atoms with Crippen LogP contribution in [0.5, 0.6) is 0 Å². The van der Waals surface area contributed by atoms with E-state index in [4.69, 9.17) is 9.72 Å². The van der Waals surface area contributed by atoms with Gasteiger partial charge >= 0.3 is 0 Å². The summed E-state index contributed by atoms with van der Waals surface area (Å²) in [4.78, 5) is 22.3. The molecule has 1 amide bonds. The highest BCUT2D eigenvalue weighted by Gasteiger charge is 2.32. The van der Waals surface area contributed by atoms with Crippen molar-refractivity contribution >= 4 is 42.6 Å². The number of piperazine rings is 1. The van der Waals surface area contributed by atoms with Crippen LogP contribution >= 0.6 is 11.3 Å². The second-order valence-electron chi connectivity index (χ2n) is 9.76. The van der Waals surface area contributed by atoms with E-state index in [1.54, 1.807) is 23.5 Å². The van der Waals surface area contributed by atoms with E-state index in [0.29, 0.717) is 44.8 Å². The first kappa shape index (κ1) is 25.1. The third kappa shape index (κ3) is 4.74. The number of hydrogen-bond donors (Lipinski definition) is 0. The average Bonchev–Trinajstić information content (AvgIpc) is 3.33. The van der Waals surface area contributed by atoms with Crippen LogP contribution in [0.4, 0.5) is 5.13 Å². The number of morpholine rings is 1. The van der Waals surface area contributed by atoms with Gasteiger partial charge in [0.15, 0.2) is 5.13 Å². The molecule has 2 aliphatic heterocycles. The van der Waals surface area contributed by atoms with Crippen molar-refractivity contribution in [2.45, 2.75) is 44.8 Å². The van der Waals surface area contributed by atoms with Gasteiger partial charge in [0.25, 0.3) is 5.91 Å². The summed E-state index contributed by atoms with van der Waals surface area (Å²) in [5.41, 5.74) is 3.97. The molecular weight excluding hydrogens is 496 g/mol. The zero-order chi connectivity index (χ0) is 25.6. The van der Waals surface area contributed by atoms with E-state index in [1.807, 2.05) is 18.7 Å². The first-order valence-corrected chi connectivity index (χ1v) is 14.6. The molecule has 5 rings (SSSR count). The molecule has 3 heterocycles. The number of rotatable bonds is 4. The lowest BCUT2D eigenvalue weighted by atomic mass is 10.1. The molecule has 36 heavy (non-hydrogen) atoms. The van der Waals surface area contributed by atoms with Gasteiger partial charge in [0.2, 0.25) is 10.0 Å². The molecule has 0 radical (unpaired) electrons. The van der Waals surface area contributed by atoms with Crippen molar-refractivity contribution in [1.29, 1.82) is 0 Å². The topological polar surface area (TPSA) is 83.1 Å². The van der Waals surface area contributed by atoms with E-state index in [9.17, 15) is 13.2 Å². The molecule has 2 saturated heterocycles. The number of benzene rings is 2. The van der Waals surface area contributed by atoms with Gasteiger partial charge in [0, 0.05) is 44.8 Å². The lowest BCUT2D eigenvalue weighted by Crippen LogP contribution is -2.48. The number of carbonyl (C=O) groups is 1. The molecular formula is C26H32N4O4S2. The maximum atomic E-state index is 13.1. The number of carbonyl (C=O) groups excluding carboxylic acids is 1. The predicted octanol–water partition coefficient (Wildman–Crippen LogP) is 3.67. The number of aryl methyl sites for hydroxylation is 2. The molecule has 2 atom stereocenters. The minimum Gasteiger partial charge on any atom is -0.373 e. The van der Waals surface area contributed by atoms with Crippen LogP contribution in [-0.4, -0.2) is 80.0 Å². The summed E-state index contributed by atoms with van der Waals surface area (Å²) in [6.45, 7) is 11.2. The van der Waals surface area contributed by atoms with E-state index in [1.165, 1.54) is 32.3 Å². The SMILES string of the molecule is Cc1ccc(C)c2sc(N3CCN(C(=O)c4ccc(S(=O)(=O)N5CC(C)OC(C)C5)cc4)CC3)nc12. The zero-order valence-corrected chi connectivity index (χ0v) is 22.7. The fraction of sp³-hybridized carbons (Fsp3) is 0.462. The largest absolute Gasteiger partial charge is 0.373 e. The zero-order valence-electron chi connectivity index (χ0n) is 21.1. The molecule has 0 bridgehead atoms. The molecule has 3 aromatic rings. The van der Waals surface area contributed by atoms with Crippen LogP contribution in [0.1, 0.15) is 35.3 Å². The van der Waals surface area contributed by atoms with Gasteiger partial charge in [-0.2, -0.15) is 4.31 Å². The van der Waals surface area contributed by atoms with Gasteiger partial charge < -0.3 is 14.5 Å². The Kier molecular flexibility index (Phi) is 6.80. The van der Waals surface area contributed by atoms with Crippen molar-refractivity contribution < 1.29 is 17.9 Å². The second kappa shape index (κ2) is 9.74. The van der Waals surface area contributed by atoms with Crippen molar-refractivity contribution in [2.75, 3.05) is 44.2 Å². The Labute approximate surface area is 216 Å².